The number of amides is 1. The molecule has 0 heterocycles. The molecule has 0 aromatic heterocycles. The van der Waals surface area contributed by atoms with Gasteiger partial charge in [0.25, 0.3) is 0 Å². The van der Waals surface area contributed by atoms with Gasteiger partial charge in [-0.05, 0) is 0 Å². The highest BCUT2D eigenvalue weighted by Crippen LogP contribution is 2.22. The molecule has 0 saturated carbocycles. The number of carboxylic acid groups (broad SMARTS) is 1. The second-order valence-electron chi connectivity index (χ2n) is 4.48. The highest BCUT2D eigenvalue weighted by atomic mass is 16.5. The third-order valence-electron chi connectivity index (χ3n) is 2.33. The molecule has 6 heteroatoms. The van der Waals surface area contributed by atoms with E-state index in [2.05, 4.69) is 11.2 Å². The lowest BCUT2D eigenvalue weighted by molar-refractivity contribution is -0.142. The Balaban J connectivity index is 4.51. The Morgan fingerprint density at radius 3 is 2.56 bits per heavy atom. The number of carbonyl (C=O) groups excluding carboxylic acids is 1. The Kier molecular flexibility index (Phi) is 7.01. The summed E-state index contributed by atoms with van der Waals surface area (Å²) in [6.45, 7) is 3.01. The summed E-state index contributed by atoms with van der Waals surface area (Å²) in [4.78, 5) is 22.2. The number of nitrogens with one attached hydrogen (secondary N) is 1. The molecule has 3 N–H and O–H groups in total. The van der Waals surface area contributed by atoms with Crippen molar-refractivity contribution < 1.29 is 24.5 Å². The number of hydrogen-bond donors (Lipinski definition) is 3. The highest BCUT2D eigenvalue weighted by molar-refractivity contribution is 5.82. The predicted molar refractivity (Wildman–Crippen MR) is 64.7 cm³/mol. The van der Waals surface area contributed by atoms with Crippen LogP contribution in [0.4, 0.5) is 0 Å². The van der Waals surface area contributed by atoms with Crippen LogP contribution >= 0.6 is 0 Å². The first-order chi connectivity index (χ1) is 8.35. The number of aliphatic hydroxyl groups is 1. The average Bonchev–Trinajstić information content (AvgIpc) is 2.28. The van der Waals surface area contributed by atoms with Gasteiger partial charge in [-0.1, -0.05) is 19.8 Å². The summed E-state index contributed by atoms with van der Waals surface area (Å²) in [6.07, 6.45) is 3.96. The Hall–Kier alpha value is -1.58. The number of hydrogen-bond acceptors (Lipinski definition) is 4. The number of rotatable bonds is 8. The Labute approximate surface area is 106 Å². The molecule has 0 aromatic rings. The van der Waals surface area contributed by atoms with E-state index in [0.29, 0.717) is 0 Å². The molecule has 102 valence electrons. The molecule has 0 unspecified atom stereocenters. The number of carbonyl (C=O) groups is 2. The molecule has 0 radical (unpaired) electrons. The quantitative estimate of drug-likeness (QED) is 0.515. The van der Waals surface area contributed by atoms with Crippen LogP contribution < -0.4 is 5.32 Å². The molecule has 0 bridgehead atoms. The van der Waals surface area contributed by atoms with E-state index in [0.717, 1.165) is 0 Å². The fourth-order valence-electron chi connectivity index (χ4n) is 1.26. The van der Waals surface area contributed by atoms with Crippen molar-refractivity contribution in [2.45, 2.75) is 26.4 Å². The minimum absolute atomic E-state index is 0.00554. The van der Waals surface area contributed by atoms with Crippen LogP contribution in [0.15, 0.2) is 0 Å². The van der Waals surface area contributed by atoms with Gasteiger partial charge >= 0.3 is 5.97 Å². The van der Waals surface area contributed by atoms with Gasteiger partial charge in [0.15, 0.2) is 0 Å². The number of carboxylic acids is 1. The largest absolute Gasteiger partial charge is 0.481 e. The molecule has 18 heavy (non-hydrogen) atoms. The van der Waals surface area contributed by atoms with E-state index >= 15 is 0 Å². The maximum absolute atomic E-state index is 11.8. The van der Waals surface area contributed by atoms with Gasteiger partial charge in [-0.3, -0.25) is 9.59 Å². The van der Waals surface area contributed by atoms with Crippen molar-refractivity contribution in [2.75, 3.05) is 19.8 Å². The molecule has 0 fully saturated rings. The van der Waals surface area contributed by atoms with Gasteiger partial charge in [-0.2, -0.15) is 0 Å². The molecule has 0 aliphatic carbocycles. The van der Waals surface area contributed by atoms with Crippen molar-refractivity contribution >= 4 is 11.9 Å². The van der Waals surface area contributed by atoms with E-state index in [9.17, 15) is 14.7 Å². The third kappa shape index (κ3) is 5.66. The van der Waals surface area contributed by atoms with Gasteiger partial charge in [-0.25, -0.2) is 0 Å². The summed E-state index contributed by atoms with van der Waals surface area (Å²) in [7, 11) is 0. The van der Waals surface area contributed by atoms with Crippen molar-refractivity contribution in [3.63, 3.8) is 0 Å². The van der Waals surface area contributed by atoms with E-state index in [-0.39, 0.29) is 26.2 Å². The molecular formula is C12H19NO5. The Morgan fingerprint density at radius 2 is 2.11 bits per heavy atom. The maximum atomic E-state index is 11.8. The van der Waals surface area contributed by atoms with Gasteiger partial charge in [0, 0.05) is 12.0 Å². The molecule has 0 aliphatic heterocycles. The van der Waals surface area contributed by atoms with Gasteiger partial charge in [0.05, 0.1) is 13.0 Å². The third-order valence-corrected chi connectivity index (χ3v) is 2.33. The minimum atomic E-state index is -1.00. The molecule has 1 amide bonds. The Morgan fingerprint density at radius 1 is 1.50 bits per heavy atom. The lowest BCUT2D eigenvalue weighted by Gasteiger charge is -2.30. The molecular weight excluding hydrogens is 238 g/mol. The van der Waals surface area contributed by atoms with Crippen LogP contribution in [-0.4, -0.2) is 48.0 Å². The zero-order chi connectivity index (χ0) is 14.2. The summed E-state index contributed by atoms with van der Waals surface area (Å²) in [6, 6.07) is 0. The van der Waals surface area contributed by atoms with Gasteiger partial charge in [0.1, 0.15) is 12.7 Å². The van der Waals surface area contributed by atoms with E-state index in [1.165, 1.54) is 0 Å². The number of aliphatic hydroxyl groups excluding tert-OH is 1. The normalized spacial score (nSPS) is 12.6. The number of aliphatic carboxylic acids is 1. The predicted octanol–water partition coefficient (Wildman–Crippen LogP) is -0.386. The number of terminal acetylenes is 1. The molecule has 0 aromatic carbocycles. The average molecular weight is 257 g/mol. The zero-order valence-electron chi connectivity index (χ0n) is 10.6. The molecule has 6 nitrogen and oxygen atoms in total. The van der Waals surface area contributed by atoms with Crippen LogP contribution in [0.5, 0.6) is 0 Å². The highest BCUT2D eigenvalue weighted by Gasteiger charge is 2.35. The first-order valence-corrected chi connectivity index (χ1v) is 5.50. The Bertz CT molecular complexity index is 332. The van der Waals surface area contributed by atoms with Crippen LogP contribution in [0.2, 0.25) is 0 Å². The van der Waals surface area contributed by atoms with Crippen molar-refractivity contribution in [2.24, 2.45) is 5.41 Å². The van der Waals surface area contributed by atoms with Crippen molar-refractivity contribution in [1.82, 2.24) is 5.32 Å². The summed E-state index contributed by atoms with van der Waals surface area (Å²) in [5.74, 6) is 0.763. The van der Waals surface area contributed by atoms with Gasteiger partial charge < -0.3 is 20.3 Å². The molecule has 0 rings (SSSR count). The lowest BCUT2D eigenvalue weighted by atomic mass is 9.87. The summed E-state index contributed by atoms with van der Waals surface area (Å²) < 4.78 is 5.21. The summed E-state index contributed by atoms with van der Waals surface area (Å²) in [5.41, 5.74) is -0.801. The van der Waals surface area contributed by atoms with E-state index < -0.39 is 23.4 Å². The van der Waals surface area contributed by atoms with Crippen LogP contribution in [0.3, 0.4) is 0 Å². The molecule has 0 spiro atoms. The molecule has 0 aliphatic rings. The SMILES string of the molecule is C#CCO[C@@H](C(=O)NCCC(=O)O)C(C)(C)CO. The number of ether oxygens (including phenoxy) is 1. The van der Waals surface area contributed by atoms with Gasteiger partial charge in [-0.15, -0.1) is 6.42 Å². The van der Waals surface area contributed by atoms with Crippen LogP contribution in [-0.2, 0) is 14.3 Å². The van der Waals surface area contributed by atoms with Crippen LogP contribution in [0, 0.1) is 17.8 Å². The molecule has 0 saturated heterocycles. The first-order valence-electron chi connectivity index (χ1n) is 5.50. The summed E-state index contributed by atoms with van der Waals surface area (Å²) in [5, 5.41) is 20.1. The van der Waals surface area contributed by atoms with Gasteiger partial charge in [0.2, 0.25) is 5.91 Å². The van der Waals surface area contributed by atoms with Crippen LogP contribution in [0.1, 0.15) is 20.3 Å². The summed E-state index contributed by atoms with van der Waals surface area (Å²) >= 11 is 0. The van der Waals surface area contributed by atoms with E-state index in [4.69, 9.17) is 16.3 Å². The van der Waals surface area contributed by atoms with E-state index in [1.54, 1.807) is 13.8 Å². The smallest absolute Gasteiger partial charge is 0.305 e. The lowest BCUT2D eigenvalue weighted by Crippen LogP contribution is -2.47. The zero-order valence-corrected chi connectivity index (χ0v) is 10.6. The standard InChI is InChI=1S/C12H19NO5/c1-4-7-18-10(12(2,3)8-14)11(17)13-6-5-9(15)16/h1,10,14H,5-8H2,2-3H3,(H,13,17)(H,15,16)/t10-/m0/s1. The second kappa shape index (κ2) is 7.69. The topological polar surface area (TPSA) is 95.9 Å². The van der Waals surface area contributed by atoms with Crippen molar-refractivity contribution in [3.05, 3.63) is 0 Å². The van der Waals surface area contributed by atoms with Crippen molar-refractivity contribution in [1.29, 1.82) is 0 Å². The first kappa shape index (κ1) is 16.4. The van der Waals surface area contributed by atoms with Crippen LogP contribution in [0.25, 0.3) is 0 Å². The second-order valence-corrected chi connectivity index (χ2v) is 4.48. The fourth-order valence-corrected chi connectivity index (χ4v) is 1.26. The minimum Gasteiger partial charge on any atom is -0.481 e. The van der Waals surface area contributed by atoms with Crippen molar-refractivity contribution in [3.8, 4) is 12.3 Å². The van der Waals surface area contributed by atoms with E-state index in [1.807, 2.05) is 0 Å². The maximum Gasteiger partial charge on any atom is 0.305 e. The monoisotopic (exact) mass is 257 g/mol. The molecule has 1 atom stereocenters. The fraction of sp³-hybridized carbons (Fsp3) is 0.667.